The Kier molecular flexibility index (Phi) is 17.6. The van der Waals surface area contributed by atoms with Crippen LogP contribution in [0.4, 0.5) is 0 Å². The van der Waals surface area contributed by atoms with Crippen LogP contribution in [0.2, 0.25) is 0 Å². The van der Waals surface area contributed by atoms with Crippen molar-refractivity contribution in [2.75, 3.05) is 18.1 Å². The fourth-order valence-electron chi connectivity index (χ4n) is 2.38. The lowest BCUT2D eigenvalue weighted by molar-refractivity contribution is -0.396. The molecule has 0 fully saturated rings. The smallest absolute Gasteiger partial charge is 0.279 e. The molecule has 0 aromatic heterocycles. The van der Waals surface area contributed by atoms with Crippen LogP contribution in [0.1, 0.15) is 71.1 Å². The summed E-state index contributed by atoms with van der Waals surface area (Å²) in [7, 11) is 2.95. The minimum Gasteiger partial charge on any atom is -0.368 e. The maximum atomic E-state index is 11.9. The number of hydrogen-bond donors (Lipinski definition) is 4. The molecule has 0 spiro atoms. The largest absolute Gasteiger partial charge is 0.368 e. The van der Waals surface area contributed by atoms with Crippen LogP contribution in [-0.4, -0.2) is 41.9 Å². The molecule has 2 atom stereocenters. The number of primary amides is 1. The number of rotatable bonds is 18. The average molecular weight is 408 g/mol. The third-order valence-corrected chi connectivity index (χ3v) is 6.68. The summed E-state index contributed by atoms with van der Waals surface area (Å²) in [4.78, 5) is 22.8. The van der Waals surface area contributed by atoms with Gasteiger partial charge in [-0.3, -0.25) is 9.59 Å². The third kappa shape index (κ3) is 15.8. The van der Waals surface area contributed by atoms with E-state index in [0.717, 1.165) is 13.0 Å². The van der Waals surface area contributed by atoms with Crippen molar-refractivity contribution in [1.82, 2.24) is 5.32 Å². The predicted molar refractivity (Wildman–Crippen MR) is 114 cm³/mol. The van der Waals surface area contributed by atoms with Crippen molar-refractivity contribution in [3.63, 3.8) is 0 Å². The third-order valence-electron chi connectivity index (χ3n) is 4.17. The summed E-state index contributed by atoms with van der Waals surface area (Å²) in [5.74, 6) is 0.541. The van der Waals surface area contributed by atoms with Crippen molar-refractivity contribution in [3.05, 3.63) is 0 Å². The highest BCUT2D eigenvalue weighted by atomic mass is 33.1. The minimum absolute atomic E-state index is 0.00627. The molecule has 0 bridgehead atoms. The van der Waals surface area contributed by atoms with Crippen molar-refractivity contribution in [3.8, 4) is 0 Å². The van der Waals surface area contributed by atoms with Crippen molar-refractivity contribution < 1.29 is 15.3 Å². The van der Waals surface area contributed by atoms with Gasteiger partial charge in [-0.05, 0) is 6.42 Å². The van der Waals surface area contributed by atoms with Gasteiger partial charge in [0.25, 0.3) is 5.91 Å². The second-order valence-electron chi connectivity index (χ2n) is 6.75. The molecular formula is C18H39N4O2S2+. The molecule has 26 heavy (non-hydrogen) atoms. The Labute approximate surface area is 166 Å². The summed E-state index contributed by atoms with van der Waals surface area (Å²) in [6, 6.07) is -0.929. The monoisotopic (exact) mass is 407 g/mol. The fraction of sp³-hybridized carbons (Fsp3) is 0.889. The van der Waals surface area contributed by atoms with Crippen molar-refractivity contribution >= 4 is 33.4 Å². The molecule has 0 aliphatic rings. The maximum Gasteiger partial charge on any atom is 0.279 e. The van der Waals surface area contributed by atoms with E-state index in [9.17, 15) is 9.59 Å². The molecule has 6 nitrogen and oxygen atoms in total. The van der Waals surface area contributed by atoms with E-state index in [1.807, 2.05) is 0 Å². The summed E-state index contributed by atoms with van der Waals surface area (Å²) in [6.45, 7) is 2.97. The van der Waals surface area contributed by atoms with Gasteiger partial charge >= 0.3 is 0 Å². The van der Waals surface area contributed by atoms with Crippen LogP contribution in [0.3, 0.4) is 0 Å². The SMILES string of the molecule is CCCCCCCCCCCCNC(=O)C([NH3+])CSSCC(N)C(N)=O. The molecule has 2 amide bonds. The zero-order valence-electron chi connectivity index (χ0n) is 16.3. The van der Waals surface area contributed by atoms with Gasteiger partial charge in [0.2, 0.25) is 5.91 Å². The van der Waals surface area contributed by atoms with Crippen LogP contribution >= 0.6 is 21.6 Å². The molecular weight excluding hydrogens is 368 g/mol. The lowest BCUT2D eigenvalue weighted by Gasteiger charge is -2.10. The first-order valence-corrected chi connectivity index (χ1v) is 12.4. The molecule has 8 heteroatoms. The highest BCUT2D eigenvalue weighted by molar-refractivity contribution is 8.76. The van der Waals surface area contributed by atoms with Gasteiger partial charge in [0.05, 0.1) is 11.8 Å². The molecule has 0 saturated heterocycles. The Hall–Kier alpha value is -0.440. The first-order chi connectivity index (χ1) is 12.5. The molecule has 0 aliphatic carbocycles. The Balaban J connectivity index is 3.43. The maximum absolute atomic E-state index is 11.9. The molecule has 0 heterocycles. The van der Waals surface area contributed by atoms with Gasteiger partial charge in [-0.15, -0.1) is 0 Å². The predicted octanol–water partition coefficient (Wildman–Crippen LogP) is 1.83. The van der Waals surface area contributed by atoms with E-state index >= 15 is 0 Å². The first-order valence-electron chi connectivity index (χ1n) is 9.89. The number of nitrogens with one attached hydrogen (secondary N) is 1. The average Bonchev–Trinajstić information content (AvgIpc) is 2.62. The highest BCUT2D eigenvalue weighted by Crippen LogP contribution is 2.21. The number of unbranched alkanes of at least 4 members (excludes halogenated alkanes) is 9. The standard InChI is InChI=1S/C18H38N4O2S2/c1-2-3-4-5-6-7-8-9-10-11-12-22-18(24)16(20)14-26-25-13-15(19)17(21)23/h15-16H,2-14,19-20H2,1H3,(H2,21,23)(H,22,24)/p+1. The minimum atomic E-state index is -0.638. The zero-order valence-corrected chi connectivity index (χ0v) is 18.0. The summed E-state index contributed by atoms with van der Waals surface area (Å²) in [5.41, 5.74) is 14.5. The summed E-state index contributed by atoms with van der Waals surface area (Å²) in [6.07, 6.45) is 12.9. The number of carbonyl (C=O) groups excluding carboxylic acids is 2. The van der Waals surface area contributed by atoms with Gasteiger partial charge in [-0.25, -0.2) is 0 Å². The van der Waals surface area contributed by atoms with Crippen LogP contribution in [0.15, 0.2) is 0 Å². The lowest BCUT2D eigenvalue weighted by Crippen LogP contribution is -2.68. The molecule has 0 aromatic carbocycles. The topological polar surface area (TPSA) is 126 Å². The van der Waals surface area contributed by atoms with Crippen molar-refractivity contribution in [2.45, 2.75) is 83.2 Å². The van der Waals surface area contributed by atoms with Crippen LogP contribution in [0, 0.1) is 0 Å². The van der Waals surface area contributed by atoms with E-state index in [-0.39, 0.29) is 11.9 Å². The Bertz CT molecular complexity index is 373. The van der Waals surface area contributed by atoms with E-state index in [1.165, 1.54) is 79.4 Å². The molecule has 0 aliphatic heterocycles. The second-order valence-corrected chi connectivity index (χ2v) is 9.30. The highest BCUT2D eigenvalue weighted by Gasteiger charge is 2.17. The van der Waals surface area contributed by atoms with E-state index in [2.05, 4.69) is 18.0 Å². The first kappa shape index (κ1) is 25.6. The van der Waals surface area contributed by atoms with Gasteiger partial charge in [0.15, 0.2) is 6.04 Å². The number of hydrogen-bond acceptors (Lipinski definition) is 5. The van der Waals surface area contributed by atoms with E-state index in [1.54, 1.807) is 0 Å². The number of carbonyl (C=O) groups is 2. The normalized spacial score (nSPS) is 13.3. The number of nitrogens with two attached hydrogens (primary N) is 2. The van der Waals surface area contributed by atoms with Gasteiger partial charge in [0, 0.05) is 12.3 Å². The van der Waals surface area contributed by atoms with Crippen LogP contribution in [0.5, 0.6) is 0 Å². The molecule has 0 rings (SSSR count). The van der Waals surface area contributed by atoms with Gasteiger partial charge in [-0.2, -0.15) is 0 Å². The van der Waals surface area contributed by atoms with E-state index in [0.29, 0.717) is 11.5 Å². The van der Waals surface area contributed by atoms with Crippen molar-refractivity contribution in [2.24, 2.45) is 11.5 Å². The zero-order chi connectivity index (χ0) is 19.6. The quantitative estimate of drug-likeness (QED) is 0.204. The lowest BCUT2D eigenvalue weighted by atomic mass is 10.1. The molecule has 2 unspecified atom stereocenters. The second kappa shape index (κ2) is 17.9. The van der Waals surface area contributed by atoms with Crippen LogP contribution in [-0.2, 0) is 9.59 Å². The molecule has 0 aromatic rings. The Morgan fingerprint density at radius 2 is 1.42 bits per heavy atom. The summed E-state index contributed by atoms with van der Waals surface area (Å²) >= 11 is 0. The van der Waals surface area contributed by atoms with Crippen LogP contribution in [0.25, 0.3) is 0 Å². The van der Waals surface area contributed by atoms with Crippen molar-refractivity contribution in [1.29, 1.82) is 0 Å². The molecule has 0 saturated carbocycles. The molecule has 0 radical (unpaired) electrons. The molecule has 8 N–H and O–H groups in total. The molecule has 154 valence electrons. The van der Waals surface area contributed by atoms with Gasteiger partial charge < -0.3 is 22.5 Å². The Morgan fingerprint density at radius 1 is 0.923 bits per heavy atom. The van der Waals surface area contributed by atoms with Gasteiger partial charge in [0.1, 0.15) is 0 Å². The summed E-state index contributed by atoms with van der Waals surface area (Å²) in [5, 5.41) is 2.95. The Morgan fingerprint density at radius 3 is 1.96 bits per heavy atom. The summed E-state index contributed by atoms with van der Waals surface area (Å²) < 4.78 is 0. The van der Waals surface area contributed by atoms with E-state index < -0.39 is 11.9 Å². The van der Waals surface area contributed by atoms with E-state index in [4.69, 9.17) is 11.5 Å². The van der Waals surface area contributed by atoms with Gasteiger partial charge in [-0.1, -0.05) is 86.3 Å². The fourth-order valence-corrected chi connectivity index (χ4v) is 4.71. The van der Waals surface area contributed by atoms with Crippen LogP contribution < -0.4 is 22.5 Å². The number of quaternary nitrogens is 1. The number of amides is 2.